The first-order valence-electron chi connectivity index (χ1n) is 11.4. The van der Waals surface area contributed by atoms with E-state index in [1.54, 1.807) is 18.2 Å². The maximum atomic E-state index is 12.7. The number of carbonyl (C=O) groups excluding carboxylic acids is 3. The van der Waals surface area contributed by atoms with E-state index in [0.717, 1.165) is 16.8 Å². The van der Waals surface area contributed by atoms with Crippen LogP contribution in [0.15, 0.2) is 77.4 Å². The summed E-state index contributed by atoms with van der Waals surface area (Å²) in [5, 5.41) is 15.1. The van der Waals surface area contributed by atoms with Gasteiger partial charge in [-0.25, -0.2) is 4.79 Å². The van der Waals surface area contributed by atoms with E-state index in [-0.39, 0.29) is 11.3 Å². The van der Waals surface area contributed by atoms with Crippen molar-refractivity contribution in [3.8, 4) is 6.07 Å². The molecule has 2 amide bonds. The maximum Gasteiger partial charge on any atom is 0.338 e. The zero-order valence-electron chi connectivity index (χ0n) is 20.3. The van der Waals surface area contributed by atoms with E-state index < -0.39 is 24.4 Å². The number of hydrogen-bond acceptors (Lipinski definition) is 6. The molecule has 2 aromatic carbocycles. The van der Waals surface area contributed by atoms with Gasteiger partial charge in [-0.15, -0.1) is 0 Å². The molecule has 2 heterocycles. The topological polar surface area (TPSA) is 126 Å². The Balaban J connectivity index is 1.38. The number of furan rings is 1. The van der Waals surface area contributed by atoms with Gasteiger partial charge in [-0.1, -0.05) is 30.3 Å². The lowest BCUT2D eigenvalue weighted by Gasteiger charge is -2.13. The van der Waals surface area contributed by atoms with Crippen LogP contribution in [0.3, 0.4) is 0 Å². The van der Waals surface area contributed by atoms with Crippen molar-refractivity contribution >= 4 is 29.3 Å². The Morgan fingerprint density at radius 2 is 1.70 bits per heavy atom. The Morgan fingerprint density at radius 1 is 0.973 bits per heavy atom. The summed E-state index contributed by atoms with van der Waals surface area (Å²) in [5.74, 6) is -1.17. The van der Waals surface area contributed by atoms with Crippen molar-refractivity contribution < 1.29 is 23.5 Å². The summed E-state index contributed by atoms with van der Waals surface area (Å²) in [7, 11) is 0. The summed E-state index contributed by atoms with van der Waals surface area (Å²) >= 11 is 0. The monoisotopic (exact) mass is 496 g/mol. The van der Waals surface area contributed by atoms with Gasteiger partial charge in [0, 0.05) is 17.9 Å². The molecule has 186 valence electrons. The summed E-state index contributed by atoms with van der Waals surface area (Å²) < 4.78 is 12.1. The molecule has 2 N–H and O–H groups in total. The number of amides is 2. The van der Waals surface area contributed by atoms with Crippen LogP contribution in [0.5, 0.6) is 0 Å². The summed E-state index contributed by atoms with van der Waals surface area (Å²) in [6, 6.07) is 21.0. The molecule has 0 atom stereocenters. The number of nitrogens with zero attached hydrogens (tertiary/aromatic N) is 2. The van der Waals surface area contributed by atoms with Crippen LogP contribution in [0, 0.1) is 25.2 Å². The normalized spacial score (nSPS) is 10.4. The molecule has 0 radical (unpaired) electrons. The summed E-state index contributed by atoms with van der Waals surface area (Å²) in [4.78, 5) is 37.2. The van der Waals surface area contributed by atoms with E-state index >= 15 is 0 Å². The van der Waals surface area contributed by atoms with E-state index in [1.165, 1.54) is 24.5 Å². The van der Waals surface area contributed by atoms with Crippen molar-refractivity contribution in [1.29, 1.82) is 5.26 Å². The fraction of sp³-hybridized carbons (Fsp3) is 0.143. The van der Waals surface area contributed by atoms with Crippen LogP contribution in [0.25, 0.3) is 0 Å². The quantitative estimate of drug-likeness (QED) is 0.342. The van der Waals surface area contributed by atoms with Gasteiger partial charge >= 0.3 is 5.97 Å². The van der Waals surface area contributed by atoms with Crippen LogP contribution < -0.4 is 10.6 Å². The SMILES string of the molecule is Cc1c(C#N)c(NC(=O)COC(=O)c2ccc(NC(=O)c3ccco3)cc2)n(Cc2ccccc2)c1C. The lowest BCUT2D eigenvalue weighted by molar-refractivity contribution is -0.119. The highest BCUT2D eigenvalue weighted by Crippen LogP contribution is 2.27. The fourth-order valence-electron chi connectivity index (χ4n) is 3.77. The first-order valence-corrected chi connectivity index (χ1v) is 11.4. The van der Waals surface area contributed by atoms with Crippen LogP contribution in [0.4, 0.5) is 11.5 Å². The smallest absolute Gasteiger partial charge is 0.338 e. The van der Waals surface area contributed by atoms with Crippen molar-refractivity contribution in [2.24, 2.45) is 0 Å². The highest BCUT2D eigenvalue weighted by molar-refractivity contribution is 6.02. The second kappa shape index (κ2) is 11.1. The molecule has 0 unspecified atom stereocenters. The number of anilines is 2. The third-order valence-electron chi connectivity index (χ3n) is 5.84. The van der Waals surface area contributed by atoms with E-state index in [0.29, 0.717) is 23.6 Å². The maximum absolute atomic E-state index is 12.7. The average molecular weight is 497 g/mol. The molecule has 0 saturated heterocycles. The van der Waals surface area contributed by atoms with Crippen molar-refractivity contribution in [3.05, 3.63) is 107 Å². The zero-order valence-corrected chi connectivity index (χ0v) is 20.3. The van der Waals surface area contributed by atoms with Crippen LogP contribution in [-0.4, -0.2) is 29.0 Å². The van der Waals surface area contributed by atoms with Crippen LogP contribution in [0.1, 0.15) is 43.3 Å². The lowest BCUT2D eigenvalue weighted by Crippen LogP contribution is -2.23. The number of rotatable bonds is 8. The summed E-state index contributed by atoms with van der Waals surface area (Å²) in [5.41, 5.74) is 3.67. The highest BCUT2D eigenvalue weighted by Gasteiger charge is 2.20. The predicted molar refractivity (Wildman–Crippen MR) is 136 cm³/mol. The van der Waals surface area contributed by atoms with Gasteiger partial charge in [-0.05, 0) is 61.4 Å². The molecule has 4 rings (SSSR count). The Bertz CT molecular complexity index is 1460. The number of hydrogen-bond donors (Lipinski definition) is 2. The number of ether oxygens (including phenoxy) is 1. The largest absolute Gasteiger partial charge is 0.459 e. The minimum atomic E-state index is -0.702. The predicted octanol–water partition coefficient (Wildman–Crippen LogP) is 4.67. The highest BCUT2D eigenvalue weighted by atomic mass is 16.5. The Kier molecular flexibility index (Phi) is 7.50. The Hall–Kier alpha value is -5.10. The third-order valence-corrected chi connectivity index (χ3v) is 5.84. The zero-order chi connectivity index (χ0) is 26.4. The van der Waals surface area contributed by atoms with Gasteiger partial charge in [0.05, 0.1) is 17.4 Å². The minimum Gasteiger partial charge on any atom is -0.459 e. The van der Waals surface area contributed by atoms with Crippen molar-refractivity contribution in [2.45, 2.75) is 20.4 Å². The number of aromatic nitrogens is 1. The minimum absolute atomic E-state index is 0.161. The molecule has 0 bridgehead atoms. The van der Waals surface area contributed by atoms with Gasteiger partial charge in [0.1, 0.15) is 11.9 Å². The molecule has 2 aromatic heterocycles. The molecule has 0 fully saturated rings. The van der Waals surface area contributed by atoms with Crippen molar-refractivity contribution in [2.75, 3.05) is 17.2 Å². The third kappa shape index (κ3) is 5.77. The van der Waals surface area contributed by atoms with Crippen molar-refractivity contribution in [3.63, 3.8) is 0 Å². The second-order valence-electron chi connectivity index (χ2n) is 8.25. The molecular weight excluding hydrogens is 472 g/mol. The molecule has 0 spiro atoms. The van der Waals surface area contributed by atoms with Crippen LogP contribution in [0.2, 0.25) is 0 Å². The lowest BCUT2D eigenvalue weighted by atomic mass is 10.2. The average Bonchev–Trinajstić information content (AvgIpc) is 3.52. The molecule has 9 heteroatoms. The molecule has 37 heavy (non-hydrogen) atoms. The summed E-state index contributed by atoms with van der Waals surface area (Å²) in [6.07, 6.45) is 1.40. The van der Waals surface area contributed by atoms with Gasteiger partial charge in [-0.2, -0.15) is 5.26 Å². The van der Waals surface area contributed by atoms with Crippen LogP contribution in [-0.2, 0) is 16.1 Å². The molecule has 4 aromatic rings. The second-order valence-corrected chi connectivity index (χ2v) is 8.25. The van der Waals surface area contributed by atoms with Gasteiger partial charge < -0.3 is 24.4 Å². The van der Waals surface area contributed by atoms with Gasteiger partial charge in [0.2, 0.25) is 0 Å². The van der Waals surface area contributed by atoms with E-state index in [2.05, 4.69) is 16.7 Å². The van der Waals surface area contributed by atoms with E-state index in [4.69, 9.17) is 9.15 Å². The molecule has 9 nitrogen and oxygen atoms in total. The Morgan fingerprint density at radius 3 is 2.35 bits per heavy atom. The van der Waals surface area contributed by atoms with E-state index in [1.807, 2.05) is 48.7 Å². The first-order chi connectivity index (χ1) is 17.9. The molecule has 0 aliphatic heterocycles. The van der Waals surface area contributed by atoms with Crippen molar-refractivity contribution in [1.82, 2.24) is 4.57 Å². The van der Waals surface area contributed by atoms with Gasteiger partial charge in [-0.3, -0.25) is 9.59 Å². The number of nitrogens with one attached hydrogen (secondary N) is 2. The Labute approximate surface area is 213 Å². The first kappa shape index (κ1) is 25.0. The van der Waals surface area contributed by atoms with Gasteiger partial charge in [0.15, 0.2) is 12.4 Å². The van der Waals surface area contributed by atoms with Crippen LogP contribution >= 0.6 is 0 Å². The van der Waals surface area contributed by atoms with Gasteiger partial charge in [0.25, 0.3) is 11.8 Å². The fourth-order valence-corrected chi connectivity index (χ4v) is 3.77. The molecule has 0 aliphatic carbocycles. The van der Waals surface area contributed by atoms with E-state index in [9.17, 15) is 19.6 Å². The number of esters is 1. The standard InChI is InChI=1S/C28H24N4O5/c1-18-19(2)32(16-20-7-4-3-5-8-20)26(23(18)15-29)31-25(33)17-37-28(35)21-10-12-22(13-11-21)30-27(34)24-9-6-14-36-24/h3-14H,16-17H2,1-2H3,(H,30,34)(H,31,33). The number of carbonyl (C=O) groups is 3. The number of nitriles is 1. The summed E-state index contributed by atoms with van der Waals surface area (Å²) in [6.45, 7) is 3.64. The molecule has 0 saturated carbocycles. The number of benzene rings is 2. The molecular formula is C28H24N4O5. The molecule has 0 aliphatic rings.